The zero-order valence-corrected chi connectivity index (χ0v) is 10.5. The lowest BCUT2D eigenvalue weighted by Gasteiger charge is -2.17. The van der Waals surface area contributed by atoms with Crippen LogP contribution in [0, 0.1) is 5.82 Å². The third-order valence-corrected chi connectivity index (χ3v) is 2.93. The van der Waals surface area contributed by atoms with E-state index in [0.29, 0.717) is 0 Å². The quantitative estimate of drug-likeness (QED) is 0.893. The maximum Gasteiger partial charge on any atom is 0.165 e. The third kappa shape index (κ3) is 2.51. The molecule has 1 atom stereocenters. The molecule has 0 fully saturated rings. The van der Waals surface area contributed by atoms with Gasteiger partial charge in [0.25, 0.3) is 0 Å². The Kier molecular flexibility index (Phi) is 3.95. The predicted molar refractivity (Wildman–Crippen MR) is 70.3 cm³/mol. The van der Waals surface area contributed by atoms with E-state index in [1.54, 1.807) is 6.07 Å². The summed E-state index contributed by atoms with van der Waals surface area (Å²) in [6.07, 6.45) is 0. The van der Waals surface area contributed by atoms with Crippen LogP contribution in [0.15, 0.2) is 48.5 Å². The Balaban J connectivity index is 2.37. The highest BCUT2D eigenvalue weighted by Gasteiger charge is 2.13. The lowest BCUT2D eigenvalue weighted by molar-refractivity contribution is 0.386. The van der Waals surface area contributed by atoms with Gasteiger partial charge in [-0.1, -0.05) is 36.4 Å². The molecular formula is C15H16FNO. The van der Waals surface area contributed by atoms with E-state index in [-0.39, 0.29) is 17.6 Å². The monoisotopic (exact) mass is 245 g/mol. The van der Waals surface area contributed by atoms with Gasteiger partial charge in [-0.2, -0.15) is 0 Å². The Bertz CT molecular complexity index is 513. The summed E-state index contributed by atoms with van der Waals surface area (Å²) in [7, 11) is 3.32. The van der Waals surface area contributed by atoms with Crippen LogP contribution in [0.5, 0.6) is 5.75 Å². The highest BCUT2D eigenvalue weighted by atomic mass is 19.1. The van der Waals surface area contributed by atoms with E-state index in [0.717, 1.165) is 11.1 Å². The summed E-state index contributed by atoms with van der Waals surface area (Å²) in [5.74, 6) is -0.0761. The van der Waals surface area contributed by atoms with Gasteiger partial charge in [0.05, 0.1) is 13.2 Å². The molecule has 0 amide bonds. The predicted octanol–water partition coefficient (Wildman–Crippen LogP) is 3.14. The zero-order chi connectivity index (χ0) is 13.0. The Morgan fingerprint density at radius 1 is 1.06 bits per heavy atom. The molecule has 1 unspecified atom stereocenters. The SMILES string of the molecule is CNC(c1ccccc1)c1ccc(OC)c(F)c1. The summed E-state index contributed by atoms with van der Waals surface area (Å²) >= 11 is 0. The van der Waals surface area contributed by atoms with Crippen LogP contribution < -0.4 is 10.1 Å². The Labute approximate surface area is 106 Å². The molecule has 2 rings (SSSR count). The second kappa shape index (κ2) is 5.65. The number of methoxy groups -OCH3 is 1. The van der Waals surface area contributed by atoms with Crippen LogP contribution in [-0.4, -0.2) is 14.2 Å². The summed E-state index contributed by atoms with van der Waals surface area (Å²) in [5, 5.41) is 3.19. The van der Waals surface area contributed by atoms with E-state index in [4.69, 9.17) is 4.74 Å². The second-order valence-corrected chi connectivity index (χ2v) is 4.03. The molecule has 94 valence electrons. The summed E-state index contributed by atoms with van der Waals surface area (Å²) in [5.41, 5.74) is 1.98. The van der Waals surface area contributed by atoms with Gasteiger partial charge in [0, 0.05) is 0 Å². The molecule has 3 heteroatoms. The van der Waals surface area contributed by atoms with Crippen molar-refractivity contribution in [2.75, 3.05) is 14.2 Å². The van der Waals surface area contributed by atoms with Gasteiger partial charge in [0.2, 0.25) is 0 Å². The molecular weight excluding hydrogens is 229 g/mol. The number of benzene rings is 2. The molecule has 2 aromatic rings. The first-order chi connectivity index (χ1) is 8.76. The lowest BCUT2D eigenvalue weighted by Crippen LogP contribution is -2.17. The van der Waals surface area contributed by atoms with Crippen molar-refractivity contribution in [2.45, 2.75) is 6.04 Å². The van der Waals surface area contributed by atoms with Gasteiger partial charge in [-0.25, -0.2) is 4.39 Å². The van der Waals surface area contributed by atoms with Crippen LogP contribution in [0.1, 0.15) is 17.2 Å². The fraction of sp³-hybridized carbons (Fsp3) is 0.200. The smallest absolute Gasteiger partial charge is 0.165 e. The van der Waals surface area contributed by atoms with Gasteiger partial charge in [0.1, 0.15) is 0 Å². The van der Waals surface area contributed by atoms with E-state index in [1.807, 2.05) is 43.4 Å². The molecule has 0 saturated carbocycles. The van der Waals surface area contributed by atoms with Crippen molar-refractivity contribution in [3.63, 3.8) is 0 Å². The van der Waals surface area contributed by atoms with E-state index in [9.17, 15) is 4.39 Å². The lowest BCUT2D eigenvalue weighted by atomic mass is 9.99. The molecule has 0 aliphatic rings. The number of ether oxygens (including phenoxy) is 1. The zero-order valence-electron chi connectivity index (χ0n) is 10.5. The van der Waals surface area contributed by atoms with Gasteiger partial charge in [0.15, 0.2) is 11.6 Å². The van der Waals surface area contributed by atoms with Crippen molar-refractivity contribution in [1.29, 1.82) is 0 Å². The number of halogens is 1. The van der Waals surface area contributed by atoms with Crippen molar-refractivity contribution in [3.8, 4) is 5.75 Å². The number of hydrogen-bond acceptors (Lipinski definition) is 2. The van der Waals surface area contributed by atoms with Crippen molar-refractivity contribution >= 4 is 0 Å². The largest absolute Gasteiger partial charge is 0.494 e. The van der Waals surface area contributed by atoms with E-state index < -0.39 is 0 Å². The molecule has 2 aromatic carbocycles. The van der Waals surface area contributed by atoms with Crippen molar-refractivity contribution in [2.24, 2.45) is 0 Å². The second-order valence-electron chi connectivity index (χ2n) is 4.03. The van der Waals surface area contributed by atoms with Gasteiger partial charge >= 0.3 is 0 Å². The van der Waals surface area contributed by atoms with Crippen LogP contribution in [0.2, 0.25) is 0 Å². The minimum absolute atomic E-state index is 0.0217. The van der Waals surface area contributed by atoms with Crippen LogP contribution >= 0.6 is 0 Å². The van der Waals surface area contributed by atoms with Crippen molar-refractivity contribution < 1.29 is 9.13 Å². The topological polar surface area (TPSA) is 21.3 Å². The molecule has 0 aliphatic carbocycles. The number of hydrogen-bond donors (Lipinski definition) is 1. The molecule has 18 heavy (non-hydrogen) atoms. The summed E-state index contributed by atoms with van der Waals surface area (Å²) in [6.45, 7) is 0. The standard InChI is InChI=1S/C15H16FNO/c1-17-15(11-6-4-3-5-7-11)12-8-9-14(18-2)13(16)10-12/h3-10,15,17H,1-2H3. The van der Waals surface area contributed by atoms with E-state index >= 15 is 0 Å². The van der Waals surface area contributed by atoms with Gasteiger partial charge in [-0.05, 0) is 30.3 Å². The van der Waals surface area contributed by atoms with Crippen molar-refractivity contribution in [1.82, 2.24) is 5.32 Å². The first-order valence-electron chi connectivity index (χ1n) is 5.82. The number of nitrogens with one attached hydrogen (secondary N) is 1. The van der Waals surface area contributed by atoms with Gasteiger partial charge in [-0.3, -0.25) is 0 Å². The minimum Gasteiger partial charge on any atom is -0.494 e. The highest BCUT2D eigenvalue weighted by Crippen LogP contribution is 2.25. The molecule has 0 aliphatic heterocycles. The van der Waals surface area contributed by atoms with Crippen LogP contribution in [0.4, 0.5) is 4.39 Å². The molecule has 0 radical (unpaired) electrons. The van der Waals surface area contributed by atoms with Crippen LogP contribution in [0.25, 0.3) is 0 Å². The molecule has 0 spiro atoms. The Morgan fingerprint density at radius 3 is 2.33 bits per heavy atom. The molecule has 2 nitrogen and oxygen atoms in total. The summed E-state index contributed by atoms with van der Waals surface area (Å²) in [6, 6.07) is 14.9. The molecule has 0 saturated heterocycles. The Hall–Kier alpha value is -1.87. The summed E-state index contributed by atoms with van der Waals surface area (Å²) < 4.78 is 18.6. The summed E-state index contributed by atoms with van der Waals surface area (Å²) in [4.78, 5) is 0. The van der Waals surface area contributed by atoms with Gasteiger partial charge in [-0.15, -0.1) is 0 Å². The van der Waals surface area contributed by atoms with Gasteiger partial charge < -0.3 is 10.1 Å². The number of rotatable bonds is 4. The fourth-order valence-corrected chi connectivity index (χ4v) is 2.03. The van der Waals surface area contributed by atoms with Crippen LogP contribution in [0.3, 0.4) is 0 Å². The normalized spacial score (nSPS) is 12.2. The highest BCUT2D eigenvalue weighted by molar-refractivity contribution is 5.36. The fourth-order valence-electron chi connectivity index (χ4n) is 2.03. The van der Waals surface area contributed by atoms with E-state index in [1.165, 1.54) is 13.2 Å². The molecule has 0 bridgehead atoms. The van der Waals surface area contributed by atoms with Crippen LogP contribution in [-0.2, 0) is 0 Å². The average Bonchev–Trinajstić information content (AvgIpc) is 2.41. The maximum atomic E-state index is 13.7. The van der Waals surface area contributed by atoms with E-state index in [2.05, 4.69) is 5.32 Å². The first kappa shape index (κ1) is 12.6. The Morgan fingerprint density at radius 2 is 1.78 bits per heavy atom. The molecule has 0 aromatic heterocycles. The maximum absolute atomic E-state index is 13.7. The van der Waals surface area contributed by atoms with Crippen molar-refractivity contribution in [3.05, 3.63) is 65.5 Å². The average molecular weight is 245 g/mol. The molecule has 1 N–H and O–H groups in total. The molecule has 0 heterocycles. The minimum atomic E-state index is -0.341. The third-order valence-electron chi connectivity index (χ3n) is 2.93. The first-order valence-corrected chi connectivity index (χ1v) is 5.82.